The van der Waals surface area contributed by atoms with Crippen LogP contribution in [0, 0.1) is 6.92 Å². The zero-order chi connectivity index (χ0) is 6.69. The average Bonchev–Trinajstić information content (AvgIpc) is 2.17. The van der Waals surface area contributed by atoms with Crippen LogP contribution in [0.1, 0.15) is 10.7 Å². The van der Waals surface area contributed by atoms with Gasteiger partial charge in [-0.25, -0.2) is 4.98 Å². The van der Waals surface area contributed by atoms with Crippen molar-refractivity contribution in [2.45, 2.75) is 13.3 Å². The van der Waals surface area contributed by atoms with Gasteiger partial charge in [0.05, 0.1) is 10.7 Å². The first-order valence-electron chi connectivity index (χ1n) is 2.94. The van der Waals surface area contributed by atoms with Gasteiger partial charge >= 0.3 is 0 Å². The Morgan fingerprint density at radius 1 is 1.55 bits per heavy atom. The van der Waals surface area contributed by atoms with E-state index >= 15 is 0 Å². The molecule has 0 saturated carbocycles. The lowest BCUT2D eigenvalue weighted by atomic mass is 10.3. The van der Waals surface area contributed by atoms with Gasteiger partial charge in [-0.1, -0.05) is 0 Å². The first-order valence-corrected chi connectivity index (χ1v) is 3.82. The molecular weight excluding hydrogens is 292 g/mol. The smallest absolute Gasteiger partial charge is 0.0897 e. The van der Waals surface area contributed by atoms with E-state index in [1.165, 1.54) is 0 Å². The van der Waals surface area contributed by atoms with Gasteiger partial charge in [0.15, 0.2) is 0 Å². The van der Waals surface area contributed by atoms with Gasteiger partial charge in [0.25, 0.3) is 0 Å². The number of aryl methyl sites for hydroxylation is 1. The van der Waals surface area contributed by atoms with Gasteiger partial charge in [-0.3, -0.25) is 0 Å². The molecule has 1 heterocycles. The van der Waals surface area contributed by atoms with Crippen LogP contribution in [0.15, 0.2) is 5.38 Å². The normalized spacial score (nSPS) is 8.18. The van der Waals surface area contributed by atoms with Crippen molar-refractivity contribution in [3.63, 3.8) is 0 Å². The minimum atomic E-state index is 0. The van der Waals surface area contributed by atoms with Crippen LogP contribution in [-0.2, 0) is 6.42 Å². The van der Waals surface area contributed by atoms with Crippen LogP contribution in [0.2, 0.25) is 0 Å². The van der Waals surface area contributed by atoms with Crippen molar-refractivity contribution >= 4 is 45.3 Å². The molecule has 66 valence electrons. The minimum Gasteiger partial charge on any atom is -0.330 e. The molecule has 0 fully saturated rings. The molecule has 2 N–H and O–H groups in total. The third-order valence-electron chi connectivity index (χ3n) is 1.07. The maximum absolute atomic E-state index is 5.33. The fourth-order valence-corrected chi connectivity index (χ4v) is 1.32. The molecule has 0 spiro atoms. The lowest BCUT2D eigenvalue weighted by molar-refractivity contribution is 0.929. The molecule has 11 heavy (non-hydrogen) atoms. The summed E-state index contributed by atoms with van der Waals surface area (Å²) in [6.45, 7) is 2.70. The van der Waals surface area contributed by atoms with Gasteiger partial charge in [0.2, 0.25) is 0 Å². The van der Waals surface area contributed by atoms with Crippen molar-refractivity contribution in [1.82, 2.24) is 4.98 Å². The second kappa shape index (κ2) is 7.21. The summed E-state index contributed by atoms with van der Waals surface area (Å²) in [7, 11) is 0. The Hall–Kier alpha value is 0.550. The fourth-order valence-electron chi connectivity index (χ4n) is 0.671. The SMILES string of the molecule is Br.Br.Cc1nc(CCN)cs1. The van der Waals surface area contributed by atoms with Crippen molar-refractivity contribution < 1.29 is 0 Å². The fraction of sp³-hybridized carbons (Fsp3) is 0.500. The summed E-state index contributed by atoms with van der Waals surface area (Å²) in [6, 6.07) is 0. The zero-order valence-corrected chi connectivity index (χ0v) is 10.5. The first-order chi connectivity index (χ1) is 4.33. The van der Waals surface area contributed by atoms with E-state index in [-0.39, 0.29) is 34.0 Å². The predicted molar refractivity (Wildman–Crippen MR) is 60.3 cm³/mol. The molecule has 0 atom stereocenters. The van der Waals surface area contributed by atoms with Crippen molar-refractivity contribution in [3.05, 3.63) is 16.1 Å². The second-order valence-corrected chi connectivity index (χ2v) is 2.96. The third kappa shape index (κ3) is 4.90. The van der Waals surface area contributed by atoms with E-state index in [2.05, 4.69) is 10.4 Å². The molecule has 0 radical (unpaired) electrons. The number of halogens is 2. The molecule has 1 aromatic rings. The predicted octanol–water partition coefficient (Wildman–Crippen LogP) is 2.11. The van der Waals surface area contributed by atoms with Crippen molar-refractivity contribution in [2.24, 2.45) is 5.73 Å². The molecule has 0 bridgehead atoms. The van der Waals surface area contributed by atoms with E-state index in [0.29, 0.717) is 6.54 Å². The van der Waals surface area contributed by atoms with Gasteiger partial charge in [-0.2, -0.15) is 0 Å². The number of rotatable bonds is 2. The number of nitrogens with zero attached hydrogens (tertiary/aromatic N) is 1. The Bertz CT molecular complexity index is 190. The molecule has 0 unspecified atom stereocenters. The summed E-state index contributed by atoms with van der Waals surface area (Å²) in [5.41, 5.74) is 6.46. The molecule has 0 saturated heterocycles. The van der Waals surface area contributed by atoms with Crippen LogP contribution in [-0.4, -0.2) is 11.5 Å². The summed E-state index contributed by atoms with van der Waals surface area (Å²) in [5, 5.41) is 3.18. The summed E-state index contributed by atoms with van der Waals surface area (Å²) in [5.74, 6) is 0. The third-order valence-corrected chi connectivity index (χ3v) is 1.89. The van der Waals surface area contributed by atoms with E-state index in [1.54, 1.807) is 11.3 Å². The van der Waals surface area contributed by atoms with E-state index in [0.717, 1.165) is 17.1 Å². The van der Waals surface area contributed by atoms with Crippen LogP contribution in [0.25, 0.3) is 0 Å². The average molecular weight is 304 g/mol. The summed E-state index contributed by atoms with van der Waals surface area (Å²) in [4.78, 5) is 4.24. The van der Waals surface area contributed by atoms with E-state index in [1.807, 2.05) is 6.92 Å². The second-order valence-electron chi connectivity index (χ2n) is 1.90. The van der Waals surface area contributed by atoms with E-state index in [9.17, 15) is 0 Å². The van der Waals surface area contributed by atoms with Gasteiger partial charge in [-0.05, 0) is 13.5 Å². The highest BCUT2D eigenvalue weighted by Gasteiger charge is 1.93. The standard InChI is InChI=1S/C6H10N2S.2BrH/c1-5-8-6(2-3-7)4-9-5;;/h4H,2-3,7H2,1H3;2*1H. The zero-order valence-electron chi connectivity index (χ0n) is 6.24. The Morgan fingerprint density at radius 2 is 2.18 bits per heavy atom. The van der Waals surface area contributed by atoms with E-state index in [4.69, 9.17) is 5.73 Å². The lowest BCUT2D eigenvalue weighted by Gasteiger charge is -1.86. The molecule has 0 aliphatic heterocycles. The van der Waals surface area contributed by atoms with Crippen LogP contribution >= 0.6 is 45.3 Å². The maximum atomic E-state index is 5.33. The van der Waals surface area contributed by atoms with Crippen molar-refractivity contribution in [1.29, 1.82) is 0 Å². The molecule has 1 rings (SSSR count). The van der Waals surface area contributed by atoms with Crippen LogP contribution in [0.5, 0.6) is 0 Å². The highest BCUT2D eigenvalue weighted by atomic mass is 79.9. The number of thiazole rings is 1. The Labute approximate surface area is 91.8 Å². The van der Waals surface area contributed by atoms with Gasteiger partial charge in [-0.15, -0.1) is 45.3 Å². The van der Waals surface area contributed by atoms with Gasteiger partial charge in [0.1, 0.15) is 0 Å². The molecule has 0 aliphatic rings. The number of nitrogens with two attached hydrogens (primary N) is 1. The number of hydrogen-bond donors (Lipinski definition) is 1. The number of aromatic nitrogens is 1. The molecule has 0 aliphatic carbocycles. The monoisotopic (exact) mass is 302 g/mol. The summed E-state index contributed by atoms with van der Waals surface area (Å²) >= 11 is 1.68. The maximum Gasteiger partial charge on any atom is 0.0897 e. The summed E-state index contributed by atoms with van der Waals surface area (Å²) < 4.78 is 0. The molecule has 0 amide bonds. The highest BCUT2D eigenvalue weighted by Crippen LogP contribution is 2.07. The highest BCUT2D eigenvalue weighted by molar-refractivity contribution is 8.93. The quantitative estimate of drug-likeness (QED) is 0.909. The largest absolute Gasteiger partial charge is 0.330 e. The lowest BCUT2D eigenvalue weighted by Crippen LogP contribution is -2.02. The van der Waals surface area contributed by atoms with Gasteiger partial charge in [0, 0.05) is 11.8 Å². The topological polar surface area (TPSA) is 38.9 Å². The molecule has 1 aromatic heterocycles. The molecule has 5 heteroatoms. The van der Waals surface area contributed by atoms with Gasteiger partial charge < -0.3 is 5.73 Å². The van der Waals surface area contributed by atoms with Crippen molar-refractivity contribution in [2.75, 3.05) is 6.54 Å². The molecule has 2 nitrogen and oxygen atoms in total. The molecule has 0 aromatic carbocycles. The van der Waals surface area contributed by atoms with Crippen LogP contribution in [0.3, 0.4) is 0 Å². The Morgan fingerprint density at radius 3 is 2.55 bits per heavy atom. The molecular formula is C6H12Br2N2S. The Balaban J connectivity index is 0. The first kappa shape index (κ1) is 14.1. The van der Waals surface area contributed by atoms with Crippen LogP contribution in [0.4, 0.5) is 0 Å². The number of hydrogen-bond acceptors (Lipinski definition) is 3. The summed E-state index contributed by atoms with van der Waals surface area (Å²) in [6.07, 6.45) is 0.907. The van der Waals surface area contributed by atoms with Crippen LogP contribution < -0.4 is 5.73 Å². The van der Waals surface area contributed by atoms with E-state index < -0.39 is 0 Å². The minimum absolute atomic E-state index is 0. The van der Waals surface area contributed by atoms with Crippen molar-refractivity contribution in [3.8, 4) is 0 Å². The Kier molecular flexibility index (Phi) is 9.24.